The highest BCUT2D eigenvalue weighted by molar-refractivity contribution is 5.82. The maximum atomic E-state index is 11.6. The Hall–Kier alpha value is -1.98. The van der Waals surface area contributed by atoms with Crippen LogP contribution in [0.25, 0.3) is 11.5 Å². The number of aryl methyl sites for hydroxylation is 1. The van der Waals surface area contributed by atoms with Gasteiger partial charge >= 0.3 is 0 Å². The molecule has 0 aliphatic rings. The summed E-state index contributed by atoms with van der Waals surface area (Å²) in [5.74, 6) is 0.637. The zero-order valence-corrected chi connectivity index (χ0v) is 10.9. The minimum atomic E-state index is -0.348. The Kier molecular flexibility index (Phi) is 3.27. The van der Waals surface area contributed by atoms with Crippen molar-refractivity contribution in [1.82, 2.24) is 19.7 Å². The van der Waals surface area contributed by atoms with E-state index in [0.29, 0.717) is 11.7 Å². The van der Waals surface area contributed by atoms with Crippen molar-refractivity contribution in [3.63, 3.8) is 0 Å². The van der Waals surface area contributed by atoms with Crippen LogP contribution in [0.3, 0.4) is 0 Å². The molecule has 2 heterocycles. The number of nitrogens with zero attached hydrogens (tertiary/aromatic N) is 4. The fraction of sp³-hybridized carbons (Fsp3) is 0.500. The van der Waals surface area contributed by atoms with Gasteiger partial charge in [-0.3, -0.25) is 4.79 Å². The topological polar surface area (TPSA) is 73.8 Å². The fourth-order valence-electron chi connectivity index (χ4n) is 1.97. The standard InChI is InChI=1S/C12H16N4O2/c1-7(2)10(8(3)17)12-14-11(15-18-12)9-5-13-6-16(9)4/h5-7,10H,1-4H3. The lowest BCUT2D eigenvalue weighted by atomic mass is 9.92. The molecule has 0 aliphatic carbocycles. The molecule has 1 unspecified atom stereocenters. The van der Waals surface area contributed by atoms with Crippen LogP contribution in [0, 0.1) is 5.92 Å². The number of rotatable bonds is 4. The summed E-state index contributed by atoms with van der Waals surface area (Å²) in [5, 5.41) is 3.91. The Morgan fingerprint density at radius 3 is 2.67 bits per heavy atom. The maximum Gasteiger partial charge on any atom is 0.237 e. The van der Waals surface area contributed by atoms with Crippen molar-refractivity contribution in [3.8, 4) is 11.5 Å². The second-order valence-electron chi connectivity index (χ2n) is 4.68. The van der Waals surface area contributed by atoms with Gasteiger partial charge in [-0.15, -0.1) is 0 Å². The van der Waals surface area contributed by atoms with Gasteiger partial charge in [0.2, 0.25) is 11.7 Å². The third kappa shape index (κ3) is 2.18. The van der Waals surface area contributed by atoms with Crippen LogP contribution < -0.4 is 0 Å². The predicted molar refractivity (Wildman–Crippen MR) is 64.8 cm³/mol. The summed E-state index contributed by atoms with van der Waals surface area (Å²) in [6.07, 6.45) is 3.32. The second kappa shape index (κ2) is 4.72. The monoisotopic (exact) mass is 248 g/mol. The molecule has 0 saturated carbocycles. The van der Waals surface area contributed by atoms with Gasteiger partial charge in [-0.1, -0.05) is 19.0 Å². The lowest BCUT2D eigenvalue weighted by Crippen LogP contribution is -2.15. The lowest BCUT2D eigenvalue weighted by molar-refractivity contribution is -0.119. The molecule has 96 valence electrons. The van der Waals surface area contributed by atoms with Crippen LogP contribution in [0.15, 0.2) is 17.0 Å². The van der Waals surface area contributed by atoms with Crippen molar-refractivity contribution < 1.29 is 9.32 Å². The van der Waals surface area contributed by atoms with Crippen LogP contribution in [0.4, 0.5) is 0 Å². The van der Waals surface area contributed by atoms with E-state index in [1.165, 1.54) is 0 Å². The van der Waals surface area contributed by atoms with Crippen molar-refractivity contribution in [3.05, 3.63) is 18.4 Å². The Balaban J connectivity index is 2.36. The van der Waals surface area contributed by atoms with Crippen molar-refractivity contribution in [2.75, 3.05) is 0 Å². The van der Waals surface area contributed by atoms with Gasteiger partial charge in [0.15, 0.2) is 0 Å². The molecule has 0 N–H and O–H groups in total. The van der Waals surface area contributed by atoms with Crippen molar-refractivity contribution in [1.29, 1.82) is 0 Å². The molecule has 0 aromatic carbocycles. The number of hydrogen-bond donors (Lipinski definition) is 0. The molecule has 0 fully saturated rings. The van der Waals surface area contributed by atoms with Crippen LogP contribution in [0.5, 0.6) is 0 Å². The minimum absolute atomic E-state index is 0.0326. The molecule has 0 aliphatic heterocycles. The summed E-state index contributed by atoms with van der Waals surface area (Å²) in [4.78, 5) is 19.9. The number of imidazole rings is 1. The lowest BCUT2D eigenvalue weighted by Gasteiger charge is -2.12. The first-order valence-corrected chi connectivity index (χ1v) is 5.81. The first-order valence-electron chi connectivity index (χ1n) is 5.81. The Bertz CT molecular complexity index is 556. The average molecular weight is 248 g/mol. The number of aromatic nitrogens is 4. The Labute approximate surface area is 105 Å². The van der Waals surface area contributed by atoms with Gasteiger partial charge in [0.05, 0.1) is 18.4 Å². The van der Waals surface area contributed by atoms with E-state index in [0.717, 1.165) is 5.69 Å². The zero-order chi connectivity index (χ0) is 13.3. The zero-order valence-electron chi connectivity index (χ0n) is 10.9. The van der Waals surface area contributed by atoms with Crippen LogP contribution in [0.2, 0.25) is 0 Å². The van der Waals surface area contributed by atoms with Gasteiger partial charge in [-0.25, -0.2) is 4.98 Å². The molecule has 6 heteroatoms. The van der Waals surface area contributed by atoms with E-state index in [4.69, 9.17) is 4.52 Å². The molecule has 2 aromatic heterocycles. The molecular weight excluding hydrogens is 232 g/mol. The first kappa shape index (κ1) is 12.5. The number of ketones is 1. The average Bonchev–Trinajstić information content (AvgIpc) is 2.85. The highest BCUT2D eigenvalue weighted by Gasteiger charge is 2.27. The van der Waals surface area contributed by atoms with Gasteiger partial charge in [0.1, 0.15) is 11.5 Å². The van der Waals surface area contributed by atoms with Gasteiger partial charge < -0.3 is 9.09 Å². The van der Waals surface area contributed by atoms with Crippen molar-refractivity contribution >= 4 is 5.78 Å². The number of hydrogen-bond acceptors (Lipinski definition) is 5. The number of carbonyl (C=O) groups excluding carboxylic acids is 1. The molecule has 0 amide bonds. The first-order chi connectivity index (χ1) is 8.50. The highest BCUT2D eigenvalue weighted by atomic mass is 16.5. The molecule has 2 rings (SSSR count). The molecule has 1 atom stereocenters. The maximum absolute atomic E-state index is 11.6. The summed E-state index contributed by atoms with van der Waals surface area (Å²) < 4.78 is 7.00. The molecular formula is C12H16N4O2. The van der Waals surface area contributed by atoms with Crippen LogP contribution >= 0.6 is 0 Å². The normalized spacial score (nSPS) is 12.9. The smallest absolute Gasteiger partial charge is 0.237 e. The molecule has 0 bridgehead atoms. The molecule has 0 radical (unpaired) electrons. The summed E-state index contributed by atoms with van der Waals surface area (Å²) in [6, 6.07) is 0. The van der Waals surface area contributed by atoms with Crippen LogP contribution in [-0.2, 0) is 11.8 Å². The summed E-state index contributed by atoms with van der Waals surface area (Å²) in [7, 11) is 1.85. The Morgan fingerprint density at radius 1 is 1.44 bits per heavy atom. The van der Waals surface area contributed by atoms with Crippen molar-refractivity contribution in [2.24, 2.45) is 13.0 Å². The van der Waals surface area contributed by atoms with Crippen molar-refractivity contribution in [2.45, 2.75) is 26.7 Å². The van der Waals surface area contributed by atoms with E-state index >= 15 is 0 Å². The van der Waals surface area contributed by atoms with Crippen LogP contribution in [0.1, 0.15) is 32.6 Å². The predicted octanol–water partition coefficient (Wildman–Crippen LogP) is 1.80. The summed E-state index contributed by atoms with van der Waals surface area (Å²) in [6.45, 7) is 5.46. The van der Waals surface area contributed by atoms with E-state index in [1.54, 1.807) is 24.0 Å². The number of carbonyl (C=O) groups is 1. The highest BCUT2D eigenvalue weighted by Crippen LogP contribution is 2.25. The SMILES string of the molecule is CC(=O)C(c1nc(-c2cncn2C)no1)C(C)C. The van der Waals surface area contributed by atoms with Gasteiger partial charge in [0, 0.05) is 7.05 Å². The molecule has 2 aromatic rings. The van der Waals surface area contributed by atoms with E-state index in [-0.39, 0.29) is 17.6 Å². The minimum Gasteiger partial charge on any atom is -0.338 e. The second-order valence-corrected chi connectivity index (χ2v) is 4.68. The quantitative estimate of drug-likeness (QED) is 0.824. The summed E-state index contributed by atoms with van der Waals surface area (Å²) >= 11 is 0. The van der Waals surface area contributed by atoms with Crippen LogP contribution in [-0.4, -0.2) is 25.5 Å². The third-order valence-corrected chi connectivity index (χ3v) is 2.86. The van der Waals surface area contributed by atoms with Gasteiger partial charge in [-0.2, -0.15) is 4.98 Å². The van der Waals surface area contributed by atoms with E-state index in [1.807, 2.05) is 20.9 Å². The van der Waals surface area contributed by atoms with E-state index < -0.39 is 0 Å². The van der Waals surface area contributed by atoms with E-state index in [2.05, 4.69) is 15.1 Å². The third-order valence-electron chi connectivity index (χ3n) is 2.86. The van der Waals surface area contributed by atoms with Gasteiger partial charge in [-0.05, 0) is 12.8 Å². The molecule has 18 heavy (non-hydrogen) atoms. The number of Topliss-reactive ketones (excluding diaryl/α,β-unsaturated/α-hetero) is 1. The van der Waals surface area contributed by atoms with Gasteiger partial charge in [0.25, 0.3) is 0 Å². The van der Waals surface area contributed by atoms with E-state index in [9.17, 15) is 4.79 Å². The fourth-order valence-corrected chi connectivity index (χ4v) is 1.97. The summed E-state index contributed by atoms with van der Waals surface area (Å²) in [5.41, 5.74) is 0.760. The largest absolute Gasteiger partial charge is 0.338 e. The molecule has 0 spiro atoms. The molecule has 6 nitrogen and oxygen atoms in total. The molecule has 0 saturated heterocycles. The Morgan fingerprint density at radius 2 is 2.17 bits per heavy atom.